The summed E-state index contributed by atoms with van der Waals surface area (Å²) < 4.78 is 0. The van der Waals surface area contributed by atoms with Crippen molar-refractivity contribution in [2.45, 2.75) is 126 Å². The number of allylic oxidation sites excluding steroid dienone is 2. The summed E-state index contributed by atoms with van der Waals surface area (Å²) in [6.07, 6.45) is 8.13. The topological polar surface area (TPSA) is 50.2 Å². The first-order valence-corrected chi connectivity index (χ1v) is 20.3. The van der Waals surface area contributed by atoms with E-state index in [2.05, 4.69) is 110 Å². The number of hydrogen-bond acceptors (Lipinski definition) is 3. The number of fused-ring (bicyclic) bond motifs is 1. The summed E-state index contributed by atoms with van der Waals surface area (Å²) >= 11 is 0. The summed E-state index contributed by atoms with van der Waals surface area (Å²) in [5.41, 5.74) is 5.27. The van der Waals surface area contributed by atoms with Crippen LogP contribution in [0.1, 0.15) is 106 Å². The van der Waals surface area contributed by atoms with Crippen LogP contribution in [0.15, 0.2) is 54.4 Å². The Balaban J connectivity index is 0.000000541. The molecule has 0 unspecified atom stereocenters. The Kier molecular flexibility index (Phi) is 15.6. The predicted molar refractivity (Wildman–Crippen MR) is 195 cm³/mol. The van der Waals surface area contributed by atoms with Gasteiger partial charge in [0.2, 0.25) is 0 Å². The second-order valence-corrected chi connectivity index (χ2v) is 20.6. The molecule has 3 rings (SSSR count). The molecule has 0 spiro atoms. The summed E-state index contributed by atoms with van der Waals surface area (Å²) in [5, 5.41) is 13.7. The maximum Gasteiger partial charge on any atom is 0.162 e. The average Bonchev–Trinajstić information content (AvgIpc) is 2.92. The predicted octanol–water partition coefficient (Wildman–Crippen LogP) is 11.0. The number of aliphatic hydroxyl groups is 1. The minimum atomic E-state index is -1.46. The zero-order valence-corrected chi connectivity index (χ0v) is 33.8. The van der Waals surface area contributed by atoms with E-state index in [0.29, 0.717) is 0 Å². The first-order chi connectivity index (χ1) is 20.4. The molecule has 0 aliphatic rings. The SMILES string of the molecule is CC(C)(C)Cc1cc(-c2[c-]c3ccccc3c(C(C)(C)C)c2)ncc1[Si](C)(C)C.CCC(CC)C(=O)/C=C(\O)C(CC)CC.[Ir]. The number of carbonyl (C=O) groups is 1. The number of ketones is 1. The number of aromatic nitrogens is 1. The van der Waals surface area contributed by atoms with E-state index in [0.717, 1.165) is 43.4 Å². The maximum absolute atomic E-state index is 11.7. The Hall–Kier alpha value is -2.07. The largest absolute Gasteiger partial charge is 0.512 e. The Labute approximate surface area is 290 Å². The number of aliphatic hydroxyl groups excluding tert-OH is 1. The van der Waals surface area contributed by atoms with Gasteiger partial charge in [-0.3, -0.25) is 9.78 Å². The number of nitrogens with zero attached hydrogens (tertiary/aromatic N) is 1. The van der Waals surface area contributed by atoms with Gasteiger partial charge in [-0.1, -0.05) is 130 Å². The number of carbonyl (C=O) groups excluding carboxylic acids is 1. The molecule has 3 nitrogen and oxygen atoms in total. The van der Waals surface area contributed by atoms with Crippen LogP contribution in [-0.2, 0) is 36.7 Å². The van der Waals surface area contributed by atoms with Crippen molar-refractivity contribution in [2.75, 3.05) is 0 Å². The summed E-state index contributed by atoms with van der Waals surface area (Å²) in [7, 11) is -1.46. The van der Waals surface area contributed by atoms with E-state index < -0.39 is 8.07 Å². The van der Waals surface area contributed by atoms with Gasteiger partial charge < -0.3 is 5.11 Å². The van der Waals surface area contributed by atoms with Crippen LogP contribution in [0.25, 0.3) is 22.0 Å². The zero-order chi connectivity index (χ0) is 33.5. The summed E-state index contributed by atoms with van der Waals surface area (Å²) in [6, 6.07) is 16.9. The average molecular weight is 807 g/mol. The molecule has 0 saturated carbocycles. The smallest absolute Gasteiger partial charge is 0.162 e. The van der Waals surface area contributed by atoms with Crippen molar-refractivity contribution in [3.63, 3.8) is 0 Å². The third-order valence-electron chi connectivity index (χ3n) is 8.46. The first-order valence-electron chi connectivity index (χ1n) is 16.8. The summed E-state index contributed by atoms with van der Waals surface area (Å²) in [4.78, 5) is 16.7. The van der Waals surface area contributed by atoms with E-state index in [4.69, 9.17) is 4.98 Å². The fraction of sp³-hybridized carbons (Fsp3) is 0.550. The van der Waals surface area contributed by atoms with Crippen LogP contribution in [0.2, 0.25) is 19.6 Å². The molecule has 1 aromatic heterocycles. The van der Waals surface area contributed by atoms with Gasteiger partial charge in [0.25, 0.3) is 0 Å². The number of rotatable bonds is 10. The van der Waals surface area contributed by atoms with Gasteiger partial charge in [-0.25, -0.2) is 0 Å². The molecule has 2 aromatic carbocycles. The van der Waals surface area contributed by atoms with Gasteiger partial charge >= 0.3 is 0 Å². The van der Waals surface area contributed by atoms with Crippen LogP contribution >= 0.6 is 0 Å². The monoisotopic (exact) mass is 807 g/mol. The normalized spacial score (nSPS) is 12.6. The second-order valence-electron chi connectivity index (χ2n) is 15.6. The molecule has 1 radical (unpaired) electrons. The molecule has 0 bridgehead atoms. The quantitative estimate of drug-likeness (QED) is 0.0961. The van der Waals surface area contributed by atoms with E-state index in [1.807, 2.05) is 27.7 Å². The molecule has 1 heterocycles. The standard InChI is InChI=1S/C27H36NSi.C13H24O2.Ir/c1-26(2,3)17-21-16-24(28-18-25(21)29(7,8)9)20-14-19-12-10-11-13-22(19)23(15-20)27(4,5)6;1-5-10(6-2)12(14)9-13(15)11(7-3)8-4;/h10-13,15-16,18H,17H2,1-9H3;9-11,14H,5-8H2,1-4H3;/q-1;;/b;12-9-;. The molecule has 0 aliphatic carbocycles. The van der Waals surface area contributed by atoms with Crippen LogP contribution in [0, 0.1) is 23.3 Å². The van der Waals surface area contributed by atoms with E-state index >= 15 is 0 Å². The third kappa shape index (κ3) is 11.9. The zero-order valence-electron chi connectivity index (χ0n) is 30.4. The van der Waals surface area contributed by atoms with Gasteiger partial charge in [-0.05, 0) is 48.1 Å². The molecule has 3 aromatic rings. The Morgan fingerprint density at radius 2 is 1.47 bits per heavy atom. The molecule has 45 heavy (non-hydrogen) atoms. The first kappa shape index (κ1) is 40.9. The molecule has 0 atom stereocenters. The van der Waals surface area contributed by atoms with Gasteiger partial charge in [0, 0.05) is 49.9 Å². The van der Waals surface area contributed by atoms with Crippen LogP contribution in [-0.4, -0.2) is 23.9 Å². The van der Waals surface area contributed by atoms with E-state index in [9.17, 15) is 9.90 Å². The Morgan fingerprint density at radius 1 is 0.911 bits per heavy atom. The van der Waals surface area contributed by atoms with Crippen LogP contribution < -0.4 is 5.19 Å². The fourth-order valence-electron chi connectivity index (χ4n) is 5.81. The van der Waals surface area contributed by atoms with Crippen molar-refractivity contribution in [3.05, 3.63) is 71.6 Å². The number of pyridine rings is 1. The van der Waals surface area contributed by atoms with Gasteiger partial charge in [-0.2, -0.15) is 0 Å². The van der Waals surface area contributed by atoms with Gasteiger partial charge in [0.15, 0.2) is 5.78 Å². The van der Waals surface area contributed by atoms with Gasteiger partial charge in [0.05, 0.1) is 13.8 Å². The maximum atomic E-state index is 11.7. The molecule has 0 fully saturated rings. The molecule has 0 saturated heterocycles. The van der Waals surface area contributed by atoms with Crippen molar-refractivity contribution in [1.29, 1.82) is 0 Å². The summed E-state index contributed by atoms with van der Waals surface area (Å²) in [5.74, 6) is 0.547. The molecular formula is C40H60IrNO2Si-. The van der Waals surface area contributed by atoms with Crippen molar-refractivity contribution in [2.24, 2.45) is 17.3 Å². The molecule has 0 aliphatic heterocycles. The second kappa shape index (κ2) is 17.2. The fourth-order valence-corrected chi connectivity index (χ4v) is 7.38. The Bertz CT molecular complexity index is 1410. The molecule has 1 N–H and O–H groups in total. The van der Waals surface area contributed by atoms with Crippen LogP contribution in [0.3, 0.4) is 0 Å². The van der Waals surface area contributed by atoms with Crippen LogP contribution in [0.5, 0.6) is 0 Å². The van der Waals surface area contributed by atoms with Crippen molar-refractivity contribution >= 4 is 29.8 Å². The minimum Gasteiger partial charge on any atom is -0.512 e. The van der Waals surface area contributed by atoms with Gasteiger partial charge in [-0.15, -0.1) is 29.1 Å². The van der Waals surface area contributed by atoms with E-state index in [1.165, 1.54) is 33.2 Å². The Morgan fingerprint density at radius 3 is 1.96 bits per heavy atom. The molecule has 251 valence electrons. The minimum absolute atomic E-state index is 0. The van der Waals surface area contributed by atoms with Crippen molar-refractivity contribution < 1.29 is 30.0 Å². The van der Waals surface area contributed by atoms with E-state index in [-0.39, 0.29) is 54.3 Å². The van der Waals surface area contributed by atoms with E-state index in [1.54, 1.807) is 0 Å². The third-order valence-corrected chi connectivity index (χ3v) is 10.5. The summed E-state index contributed by atoms with van der Waals surface area (Å²) in [6.45, 7) is 29.1. The van der Waals surface area contributed by atoms with Gasteiger partial charge in [0.1, 0.15) is 0 Å². The molecule has 0 amide bonds. The number of benzene rings is 2. The van der Waals surface area contributed by atoms with Crippen molar-refractivity contribution in [1.82, 2.24) is 4.98 Å². The number of hydrogen-bond donors (Lipinski definition) is 1. The molecule has 5 heteroatoms. The van der Waals surface area contributed by atoms with Crippen molar-refractivity contribution in [3.8, 4) is 11.3 Å². The molecular weight excluding hydrogens is 747 g/mol. The van der Waals surface area contributed by atoms with Crippen LogP contribution in [0.4, 0.5) is 0 Å².